The number of hydrogen-bond donors (Lipinski definition) is 2. The Hall–Kier alpha value is -2.35. The van der Waals surface area contributed by atoms with Gasteiger partial charge in [-0.15, -0.1) is 0 Å². The van der Waals surface area contributed by atoms with Crippen molar-refractivity contribution in [1.29, 1.82) is 0 Å². The summed E-state index contributed by atoms with van der Waals surface area (Å²) in [6, 6.07) is 4.86. The predicted octanol–water partition coefficient (Wildman–Crippen LogP) is 2.21. The van der Waals surface area contributed by atoms with E-state index in [1.165, 1.54) is 17.9 Å². The number of nitrogens with one attached hydrogen (secondary N) is 2. The number of rotatable bonds is 6. The van der Waals surface area contributed by atoms with E-state index >= 15 is 0 Å². The van der Waals surface area contributed by atoms with Crippen LogP contribution in [0.25, 0.3) is 0 Å². The molecule has 2 atom stereocenters. The maximum absolute atomic E-state index is 14.9. The number of carbonyl (C=O) groups excluding carboxylic acids is 2. The molecule has 0 saturated carbocycles. The van der Waals surface area contributed by atoms with E-state index in [1.54, 1.807) is 12.1 Å². The van der Waals surface area contributed by atoms with Crippen molar-refractivity contribution in [3.8, 4) is 0 Å². The van der Waals surface area contributed by atoms with E-state index in [1.807, 2.05) is 6.92 Å². The van der Waals surface area contributed by atoms with Crippen molar-refractivity contribution >= 4 is 23.4 Å². The Morgan fingerprint density at radius 1 is 1.37 bits per heavy atom. The second-order valence-electron chi connectivity index (χ2n) is 6.95. The van der Waals surface area contributed by atoms with Gasteiger partial charge in [0.1, 0.15) is 11.9 Å². The third-order valence-corrected chi connectivity index (χ3v) is 4.95. The van der Waals surface area contributed by atoms with Crippen LogP contribution in [0.3, 0.4) is 0 Å². The smallest absolute Gasteiger partial charge is 0.414 e. The van der Waals surface area contributed by atoms with Crippen molar-refractivity contribution in [3.63, 3.8) is 0 Å². The minimum absolute atomic E-state index is 0.128. The fourth-order valence-corrected chi connectivity index (χ4v) is 3.66. The average Bonchev–Trinajstić information content (AvgIpc) is 3.02. The molecule has 2 aliphatic rings. The van der Waals surface area contributed by atoms with Gasteiger partial charge in [-0.1, -0.05) is 6.92 Å². The summed E-state index contributed by atoms with van der Waals surface area (Å²) in [6.07, 6.45) is 2.31. The van der Waals surface area contributed by atoms with Gasteiger partial charge < -0.3 is 15.0 Å². The molecule has 8 heteroatoms. The number of carbonyl (C=O) groups is 2. The largest absolute Gasteiger partial charge is 0.442 e. The van der Waals surface area contributed by atoms with Crippen LogP contribution in [-0.4, -0.2) is 50.4 Å². The van der Waals surface area contributed by atoms with Gasteiger partial charge >= 0.3 is 6.09 Å². The molecule has 2 saturated heterocycles. The van der Waals surface area contributed by atoms with Crippen molar-refractivity contribution in [2.45, 2.75) is 45.4 Å². The normalized spacial score (nSPS) is 22.7. The third kappa shape index (κ3) is 4.50. The van der Waals surface area contributed by atoms with Gasteiger partial charge in [0.2, 0.25) is 5.91 Å². The number of hydrogen-bond acceptors (Lipinski definition) is 5. The Kier molecular flexibility index (Phi) is 6.15. The number of cyclic esters (lactones) is 1. The zero-order valence-corrected chi connectivity index (χ0v) is 15.8. The SMILES string of the molecule is CCN[C@@H]1CCCCN1c1ccc(N2C[C@H](CNC(C)=O)OC2=O)cc1F. The molecule has 0 bridgehead atoms. The quantitative estimate of drug-likeness (QED) is 0.794. The van der Waals surface area contributed by atoms with E-state index in [0.29, 0.717) is 11.4 Å². The Balaban J connectivity index is 1.72. The molecular weight excluding hydrogens is 351 g/mol. The maximum atomic E-state index is 14.9. The molecule has 0 spiro atoms. The van der Waals surface area contributed by atoms with Crippen molar-refractivity contribution in [2.75, 3.05) is 36.0 Å². The van der Waals surface area contributed by atoms with Gasteiger partial charge in [0.05, 0.1) is 30.6 Å². The summed E-state index contributed by atoms with van der Waals surface area (Å²) in [6.45, 7) is 5.61. The van der Waals surface area contributed by atoms with Gasteiger partial charge in [0.25, 0.3) is 0 Å². The van der Waals surface area contributed by atoms with Crippen LogP contribution >= 0.6 is 0 Å². The number of piperidine rings is 1. The zero-order chi connectivity index (χ0) is 19.4. The molecule has 2 N–H and O–H groups in total. The van der Waals surface area contributed by atoms with Crippen molar-refractivity contribution < 1.29 is 18.7 Å². The Labute approximate surface area is 158 Å². The monoisotopic (exact) mass is 378 g/mol. The van der Waals surface area contributed by atoms with Crippen LogP contribution in [0.2, 0.25) is 0 Å². The van der Waals surface area contributed by atoms with Crippen LogP contribution < -0.4 is 20.4 Å². The van der Waals surface area contributed by atoms with Crippen molar-refractivity contribution in [3.05, 3.63) is 24.0 Å². The van der Waals surface area contributed by atoms with Gasteiger partial charge in [-0.2, -0.15) is 0 Å². The van der Waals surface area contributed by atoms with Gasteiger partial charge in [-0.05, 0) is 44.0 Å². The molecule has 3 rings (SSSR count). The second-order valence-corrected chi connectivity index (χ2v) is 6.95. The van der Waals surface area contributed by atoms with E-state index < -0.39 is 12.2 Å². The lowest BCUT2D eigenvalue weighted by Gasteiger charge is -2.38. The molecule has 0 aliphatic carbocycles. The highest BCUT2D eigenvalue weighted by Gasteiger charge is 2.33. The third-order valence-electron chi connectivity index (χ3n) is 4.95. The lowest BCUT2D eigenvalue weighted by atomic mass is 10.1. The van der Waals surface area contributed by atoms with Crippen molar-refractivity contribution in [1.82, 2.24) is 10.6 Å². The molecule has 2 aliphatic heterocycles. The van der Waals surface area contributed by atoms with E-state index in [-0.39, 0.29) is 31.0 Å². The summed E-state index contributed by atoms with van der Waals surface area (Å²) in [5.41, 5.74) is 1.01. The van der Waals surface area contributed by atoms with Crippen LogP contribution in [0.4, 0.5) is 20.6 Å². The predicted molar refractivity (Wildman–Crippen MR) is 101 cm³/mol. The zero-order valence-electron chi connectivity index (χ0n) is 15.8. The topological polar surface area (TPSA) is 73.9 Å². The van der Waals surface area contributed by atoms with E-state index in [4.69, 9.17) is 4.74 Å². The van der Waals surface area contributed by atoms with Crippen LogP contribution in [-0.2, 0) is 9.53 Å². The maximum Gasteiger partial charge on any atom is 0.414 e. The van der Waals surface area contributed by atoms with E-state index in [2.05, 4.69) is 15.5 Å². The summed E-state index contributed by atoms with van der Waals surface area (Å²) < 4.78 is 20.1. The molecule has 27 heavy (non-hydrogen) atoms. The fraction of sp³-hybridized carbons (Fsp3) is 0.579. The highest BCUT2D eigenvalue weighted by molar-refractivity contribution is 5.90. The molecule has 1 aromatic rings. The lowest BCUT2D eigenvalue weighted by Crippen LogP contribution is -2.49. The minimum Gasteiger partial charge on any atom is -0.442 e. The molecule has 0 radical (unpaired) electrons. The summed E-state index contributed by atoms with van der Waals surface area (Å²) in [7, 11) is 0. The van der Waals surface area contributed by atoms with Crippen LogP contribution in [0.15, 0.2) is 18.2 Å². The van der Waals surface area contributed by atoms with Crippen LogP contribution in [0.1, 0.15) is 33.1 Å². The Morgan fingerprint density at radius 3 is 2.89 bits per heavy atom. The number of amides is 2. The molecule has 2 amide bonds. The number of anilines is 2. The van der Waals surface area contributed by atoms with Gasteiger partial charge in [-0.3, -0.25) is 15.0 Å². The Bertz CT molecular complexity index is 698. The number of nitrogens with zero attached hydrogens (tertiary/aromatic N) is 2. The van der Waals surface area contributed by atoms with Gasteiger partial charge in [0, 0.05) is 13.5 Å². The molecule has 0 aromatic heterocycles. The standard InChI is InChI=1S/C19H27FN4O3/c1-3-21-18-6-4-5-9-23(18)17-8-7-14(10-16(17)20)24-12-15(27-19(24)26)11-22-13(2)25/h7-8,10,15,18,21H,3-6,9,11-12H2,1-2H3,(H,22,25)/t15-,18-/m0/s1. The first-order valence-corrected chi connectivity index (χ1v) is 9.51. The van der Waals surface area contributed by atoms with Gasteiger partial charge in [0.15, 0.2) is 0 Å². The van der Waals surface area contributed by atoms with Crippen molar-refractivity contribution in [2.24, 2.45) is 0 Å². The second kappa shape index (κ2) is 8.56. The summed E-state index contributed by atoms with van der Waals surface area (Å²) >= 11 is 0. The first-order chi connectivity index (χ1) is 13.0. The average molecular weight is 378 g/mol. The number of halogens is 1. The number of benzene rings is 1. The lowest BCUT2D eigenvalue weighted by molar-refractivity contribution is -0.119. The molecule has 7 nitrogen and oxygen atoms in total. The number of ether oxygens (including phenoxy) is 1. The minimum atomic E-state index is -0.527. The molecule has 2 fully saturated rings. The molecule has 0 unspecified atom stereocenters. The first-order valence-electron chi connectivity index (χ1n) is 9.51. The highest BCUT2D eigenvalue weighted by atomic mass is 19.1. The van der Waals surface area contributed by atoms with Gasteiger partial charge in [-0.25, -0.2) is 9.18 Å². The molecular formula is C19H27FN4O3. The first kappa shape index (κ1) is 19.4. The summed E-state index contributed by atoms with van der Waals surface area (Å²) in [5, 5.41) is 6.04. The molecule has 148 valence electrons. The van der Waals surface area contributed by atoms with Crippen LogP contribution in [0.5, 0.6) is 0 Å². The molecule has 2 heterocycles. The fourth-order valence-electron chi connectivity index (χ4n) is 3.66. The van der Waals surface area contributed by atoms with E-state index in [0.717, 1.165) is 32.4 Å². The van der Waals surface area contributed by atoms with Crippen LogP contribution in [0, 0.1) is 5.82 Å². The Morgan fingerprint density at radius 2 is 2.19 bits per heavy atom. The summed E-state index contributed by atoms with van der Waals surface area (Å²) in [4.78, 5) is 26.6. The van der Waals surface area contributed by atoms with E-state index in [9.17, 15) is 14.0 Å². The summed E-state index contributed by atoms with van der Waals surface area (Å²) in [5.74, 6) is -0.535. The highest BCUT2D eigenvalue weighted by Crippen LogP contribution is 2.31. The molecule has 1 aromatic carbocycles.